The van der Waals surface area contributed by atoms with Crippen molar-refractivity contribution in [3.63, 3.8) is 0 Å². The van der Waals surface area contributed by atoms with E-state index in [1.165, 1.54) is 18.6 Å². The first kappa shape index (κ1) is 10.6. The van der Waals surface area contributed by atoms with E-state index < -0.39 is 11.9 Å². The Balaban J connectivity index is 2.15. The van der Waals surface area contributed by atoms with Crippen molar-refractivity contribution in [1.29, 1.82) is 0 Å². The highest BCUT2D eigenvalue weighted by atomic mass is 19.4. The van der Waals surface area contributed by atoms with Gasteiger partial charge in [0, 0.05) is 18.6 Å². The second-order valence-corrected chi connectivity index (χ2v) is 3.06. The van der Waals surface area contributed by atoms with Crippen LogP contribution in [-0.4, -0.2) is 19.7 Å². The minimum Gasteiger partial charge on any atom is -0.264 e. The topological polar surface area (TPSA) is 43.6 Å². The van der Waals surface area contributed by atoms with Crippen molar-refractivity contribution in [3.8, 4) is 0 Å². The van der Waals surface area contributed by atoms with Crippen LogP contribution in [0.5, 0.6) is 0 Å². The van der Waals surface area contributed by atoms with Gasteiger partial charge in [-0.3, -0.25) is 4.68 Å². The van der Waals surface area contributed by atoms with Crippen LogP contribution >= 0.6 is 0 Å². The quantitative estimate of drug-likeness (QED) is 0.786. The molecule has 0 saturated carbocycles. The summed E-state index contributed by atoms with van der Waals surface area (Å²) >= 11 is 0. The smallest absolute Gasteiger partial charge is 0.264 e. The summed E-state index contributed by atoms with van der Waals surface area (Å²) in [5, 5.41) is 3.39. The van der Waals surface area contributed by atoms with Gasteiger partial charge in [0.05, 0.1) is 0 Å². The molecule has 0 unspecified atom stereocenters. The summed E-state index contributed by atoms with van der Waals surface area (Å²) in [6, 6.07) is 2.55. The Kier molecular flexibility index (Phi) is 2.59. The van der Waals surface area contributed by atoms with Crippen LogP contribution in [-0.2, 0) is 12.7 Å². The van der Waals surface area contributed by atoms with Gasteiger partial charge < -0.3 is 0 Å². The molecule has 2 aromatic heterocycles. The largest absolute Gasteiger partial charge is 0.435 e. The van der Waals surface area contributed by atoms with E-state index in [4.69, 9.17) is 0 Å². The molecular weight excluding hydrogens is 221 g/mol. The zero-order valence-corrected chi connectivity index (χ0v) is 8.02. The zero-order chi connectivity index (χ0) is 11.6. The van der Waals surface area contributed by atoms with Gasteiger partial charge in [0.25, 0.3) is 0 Å². The van der Waals surface area contributed by atoms with E-state index >= 15 is 0 Å². The molecule has 0 atom stereocenters. The van der Waals surface area contributed by atoms with Crippen LogP contribution in [0.2, 0.25) is 0 Å². The Morgan fingerprint density at radius 3 is 2.44 bits per heavy atom. The van der Waals surface area contributed by atoms with E-state index in [9.17, 15) is 13.2 Å². The lowest BCUT2D eigenvalue weighted by Crippen LogP contribution is -2.09. The van der Waals surface area contributed by atoms with Crippen LogP contribution in [0.4, 0.5) is 13.2 Å². The molecule has 7 heteroatoms. The van der Waals surface area contributed by atoms with Crippen LogP contribution in [0, 0.1) is 0 Å². The first-order valence-corrected chi connectivity index (χ1v) is 4.42. The van der Waals surface area contributed by atoms with Crippen LogP contribution in [0.1, 0.15) is 11.5 Å². The summed E-state index contributed by atoms with van der Waals surface area (Å²) in [7, 11) is 0. The second-order valence-electron chi connectivity index (χ2n) is 3.06. The molecule has 0 fully saturated rings. The Labute approximate surface area is 88.8 Å². The Morgan fingerprint density at radius 2 is 1.88 bits per heavy atom. The summed E-state index contributed by atoms with van der Waals surface area (Å²) in [5.41, 5.74) is -0.913. The Hall–Kier alpha value is -1.92. The monoisotopic (exact) mass is 228 g/mol. The zero-order valence-electron chi connectivity index (χ0n) is 8.02. The molecule has 0 spiro atoms. The van der Waals surface area contributed by atoms with Crippen molar-refractivity contribution in [1.82, 2.24) is 19.7 Å². The minimum absolute atomic E-state index is 0.122. The molecular formula is C9H7F3N4. The molecule has 2 rings (SSSR count). The lowest BCUT2D eigenvalue weighted by molar-refractivity contribution is -0.141. The molecule has 84 valence electrons. The SMILES string of the molecule is FC(F)(F)c1ccn(Cc2ncccn2)n1. The molecule has 4 nitrogen and oxygen atoms in total. The number of halogens is 3. The van der Waals surface area contributed by atoms with E-state index in [1.807, 2.05) is 0 Å². The molecule has 0 aliphatic heterocycles. The summed E-state index contributed by atoms with van der Waals surface area (Å²) < 4.78 is 37.8. The third-order valence-corrected chi connectivity index (χ3v) is 1.85. The number of alkyl halides is 3. The van der Waals surface area contributed by atoms with Gasteiger partial charge >= 0.3 is 6.18 Å². The lowest BCUT2D eigenvalue weighted by atomic mass is 10.4. The average molecular weight is 228 g/mol. The summed E-state index contributed by atoms with van der Waals surface area (Å²) in [6.45, 7) is 0.122. The van der Waals surface area contributed by atoms with E-state index in [-0.39, 0.29) is 6.54 Å². The molecule has 0 saturated heterocycles. The van der Waals surface area contributed by atoms with Crippen molar-refractivity contribution in [2.75, 3.05) is 0 Å². The predicted octanol–water partition coefficient (Wildman–Crippen LogP) is 1.74. The molecule has 0 aliphatic carbocycles. The predicted molar refractivity (Wildman–Crippen MR) is 48.4 cm³/mol. The average Bonchev–Trinajstić information content (AvgIpc) is 2.67. The van der Waals surface area contributed by atoms with Crippen LogP contribution < -0.4 is 0 Å². The second kappa shape index (κ2) is 3.92. The van der Waals surface area contributed by atoms with Gasteiger partial charge in [-0.1, -0.05) is 0 Å². The summed E-state index contributed by atoms with van der Waals surface area (Å²) in [4.78, 5) is 7.78. The van der Waals surface area contributed by atoms with Gasteiger partial charge in [0.15, 0.2) is 5.69 Å². The molecule has 0 radical (unpaired) electrons. The molecule has 16 heavy (non-hydrogen) atoms. The Bertz CT molecular complexity index is 463. The number of aromatic nitrogens is 4. The third-order valence-electron chi connectivity index (χ3n) is 1.85. The molecule has 0 aromatic carbocycles. The van der Waals surface area contributed by atoms with Gasteiger partial charge in [0.1, 0.15) is 12.4 Å². The fourth-order valence-electron chi connectivity index (χ4n) is 1.16. The summed E-state index contributed by atoms with van der Waals surface area (Å²) in [6.07, 6.45) is -0.116. The van der Waals surface area contributed by atoms with Crippen molar-refractivity contribution in [2.24, 2.45) is 0 Å². The molecule has 0 amide bonds. The van der Waals surface area contributed by atoms with Crippen molar-refractivity contribution in [3.05, 3.63) is 42.2 Å². The fraction of sp³-hybridized carbons (Fsp3) is 0.222. The van der Waals surface area contributed by atoms with E-state index in [0.717, 1.165) is 10.7 Å². The molecule has 0 aliphatic rings. The van der Waals surface area contributed by atoms with Crippen LogP contribution in [0.25, 0.3) is 0 Å². The highest BCUT2D eigenvalue weighted by Crippen LogP contribution is 2.27. The number of hydrogen-bond donors (Lipinski definition) is 0. The van der Waals surface area contributed by atoms with Crippen molar-refractivity contribution >= 4 is 0 Å². The molecule has 2 aromatic rings. The van der Waals surface area contributed by atoms with Gasteiger partial charge in [-0.2, -0.15) is 18.3 Å². The number of hydrogen-bond acceptors (Lipinski definition) is 3. The van der Waals surface area contributed by atoms with Gasteiger partial charge in [-0.05, 0) is 12.1 Å². The summed E-state index contributed by atoms with van der Waals surface area (Å²) in [5.74, 6) is 0.416. The maximum atomic E-state index is 12.2. The van der Waals surface area contributed by atoms with E-state index in [2.05, 4.69) is 15.1 Å². The van der Waals surface area contributed by atoms with Gasteiger partial charge in [-0.25, -0.2) is 9.97 Å². The third kappa shape index (κ3) is 2.36. The minimum atomic E-state index is -4.41. The van der Waals surface area contributed by atoms with Crippen LogP contribution in [0.3, 0.4) is 0 Å². The number of nitrogens with zero attached hydrogens (tertiary/aromatic N) is 4. The maximum absolute atomic E-state index is 12.2. The van der Waals surface area contributed by atoms with E-state index in [0.29, 0.717) is 5.82 Å². The fourth-order valence-corrected chi connectivity index (χ4v) is 1.16. The molecule has 0 N–H and O–H groups in total. The van der Waals surface area contributed by atoms with Crippen molar-refractivity contribution < 1.29 is 13.2 Å². The lowest BCUT2D eigenvalue weighted by Gasteiger charge is -2.01. The molecule has 0 bridgehead atoms. The van der Waals surface area contributed by atoms with Crippen molar-refractivity contribution in [2.45, 2.75) is 12.7 Å². The normalized spacial score (nSPS) is 11.7. The van der Waals surface area contributed by atoms with Gasteiger partial charge in [0.2, 0.25) is 0 Å². The molecule has 2 heterocycles. The number of rotatable bonds is 2. The van der Waals surface area contributed by atoms with Crippen LogP contribution in [0.15, 0.2) is 30.7 Å². The van der Waals surface area contributed by atoms with E-state index in [1.54, 1.807) is 6.07 Å². The standard InChI is InChI=1S/C9H7F3N4/c10-9(11,12)7-2-5-16(15-7)6-8-13-3-1-4-14-8/h1-5H,6H2. The van der Waals surface area contributed by atoms with Gasteiger partial charge in [-0.15, -0.1) is 0 Å². The first-order chi connectivity index (χ1) is 7.55. The highest BCUT2D eigenvalue weighted by Gasteiger charge is 2.33. The highest BCUT2D eigenvalue weighted by molar-refractivity contribution is 5.04. The maximum Gasteiger partial charge on any atom is 0.435 e. The first-order valence-electron chi connectivity index (χ1n) is 4.42. The Morgan fingerprint density at radius 1 is 1.19 bits per heavy atom.